The van der Waals surface area contributed by atoms with Gasteiger partial charge in [0, 0.05) is 12.8 Å². The van der Waals surface area contributed by atoms with Crippen molar-refractivity contribution >= 4 is 0 Å². The van der Waals surface area contributed by atoms with E-state index in [0.29, 0.717) is 5.76 Å². The first-order valence-electron chi connectivity index (χ1n) is 5.80. The van der Waals surface area contributed by atoms with Gasteiger partial charge in [-0.2, -0.15) is 0 Å². The lowest BCUT2D eigenvalue weighted by molar-refractivity contribution is 0.147. The van der Waals surface area contributed by atoms with E-state index in [0.717, 1.165) is 30.4 Å². The summed E-state index contributed by atoms with van der Waals surface area (Å²) in [7, 11) is 0. The Hall–Kier alpha value is -1.68. The number of hydrogen-bond acceptors (Lipinski definition) is 2. The van der Waals surface area contributed by atoms with Crippen molar-refractivity contribution in [3.8, 4) is 0 Å². The minimum Gasteiger partial charge on any atom is -0.463 e. The SMILES string of the molecule is CCc1ccc(C(O)Cc2cc(F)ccc2F)o1. The zero-order valence-corrected chi connectivity index (χ0v) is 9.99. The van der Waals surface area contributed by atoms with Crippen LogP contribution in [0.25, 0.3) is 0 Å². The highest BCUT2D eigenvalue weighted by Crippen LogP contribution is 2.22. The highest BCUT2D eigenvalue weighted by molar-refractivity contribution is 5.21. The van der Waals surface area contributed by atoms with E-state index in [4.69, 9.17) is 4.42 Å². The van der Waals surface area contributed by atoms with Crippen LogP contribution in [0.15, 0.2) is 34.7 Å². The highest BCUT2D eigenvalue weighted by atomic mass is 19.1. The van der Waals surface area contributed by atoms with E-state index in [2.05, 4.69) is 0 Å². The molecule has 1 aromatic heterocycles. The molecule has 1 unspecified atom stereocenters. The second-order valence-corrected chi connectivity index (χ2v) is 4.11. The minimum absolute atomic E-state index is 0.0136. The van der Waals surface area contributed by atoms with E-state index < -0.39 is 17.7 Å². The summed E-state index contributed by atoms with van der Waals surface area (Å²) in [5.41, 5.74) is 0.136. The molecule has 1 atom stereocenters. The lowest BCUT2D eigenvalue weighted by atomic mass is 10.1. The van der Waals surface area contributed by atoms with Crippen LogP contribution in [0.2, 0.25) is 0 Å². The molecule has 0 aliphatic rings. The second-order valence-electron chi connectivity index (χ2n) is 4.11. The Balaban J connectivity index is 2.15. The normalized spacial score (nSPS) is 12.7. The molecule has 1 aromatic carbocycles. The van der Waals surface area contributed by atoms with Crippen molar-refractivity contribution in [3.05, 3.63) is 59.1 Å². The van der Waals surface area contributed by atoms with Gasteiger partial charge in [-0.3, -0.25) is 0 Å². The third-order valence-corrected chi connectivity index (χ3v) is 2.78. The molecule has 0 aliphatic heterocycles. The molecule has 0 aliphatic carbocycles. The Morgan fingerprint density at radius 2 is 2.00 bits per heavy atom. The van der Waals surface area contributed by atoms with Gasteiger partial charge < -0.3 is 9.52 Å². The molecule has 0 radical (unpaired) electrons. The zero-order chi connectivity index (χ0) is 13.1. The number of aliphatic hydroxyl groups is 1. The standard InChI is InChI=1S/C14H14F2O2/c1-2-11-4-6-14(18-11)13(17)8-9-7-10(15)3-5-12(9)16/h3-7,13,17H,2,8H2,1H3. The van der Waals surface area contributed by atoms with E-state index in [1.165, 1.54) is 0 Å². The summed E-state index contributed by atoms with van der Waals surface area (Å²) < 4.78 is 31.8. The fraction of sp³-hybridized carbons (Fsp3) is 0.286. The molecule has 1 heterocycles. The first-order valence-corrected chi connectivity index (χ1v) is 5.80. The fourth-order valence-corrected chi connectivity index (χ4v) is 1.77. The van der Waals surface area contributed by atoms with Gasteiger partial charge in [-0.1, -0.05) is 6.92 Å². The Morgan fingerprint density at radius 1 is 1.22 bits per heavy atom. The van der Waals surface area contributed by atoms with Crippen molar-refractivity contribution in [1.82, 2.24) is 0 Å². The van der Waals surface area contributed by atoms with Gasteiger partial charge in [-0.25, -0.2) is 8.78 Å². The third-order valence-electron chi connectivity index (χ3n) is 2.78. The van der Waals surface area contributed by atoms with Crippen LogP contribution in [0, 0.1) is 11.6 Å². The second kappa shape index (κ2) is 5.31. The Bertz CT molecular complexity index is 534. The summed E-state index contributed by atoms with van der Waals surface area (Å²) in [6, 6.07) is 6.60. The number of aryl methyl sites for hydroxylation is 1. The molecular weight excluding hydrogens is 238 g/mol. The molecule has 0 amide bonds. The smallest absolute Gasteiger partial charge is 0.133 e. The van der Waals surface area contributed by atoms with Crippen LogP contribution in [0.3, 0.4) is 0 Å². The molecule has 1 N–H and O–H groups in total. The van der Waals surface area contributed by atoms with Crippen LogP contribution in [0.4, 0.5) is 8.78 Å². The van der Waals surface area contributed by atoms with Gasteiger partial charge >= 0.3 is 0 Å². The van der Waals surface area contributed by atoms with E-state index in [1.807, 2.05) is 6.92 Å². The molecule has 96 valence electrons. The first kappa shape index (κ1) is 12.8. The Labute approximate surface area is 104 Å². The summed E-state index contributed by atoms with van der Waals surface area (Å²) in [4.78, 5) is 0. The van der Waals surface area contributed by atoms with Gasteiger partial charge in [-0.15, -0.1) is 0 Å². The van der Waals surface area contributed by atoms with Crippen LogP contribution < -0.4 is 0 Å². The van der Waals surface area contributed by atoms with E-state index in [1.54, 1.807) is 12.1 Å². The van der Waals surface area contributed by atoms with Gasteiger partial charge in [0.25, 0.3) is 0 Å². The summed E-state index contributed by atoms with van der Waals surface area (Å²) in [6.45, 7) is 1.93. The molecule has 0 bridgehead atoms. The van der Waals surface area contributed by atoms with Crippen molar-refractivity contribution in [1.29, 1.82) is 0 Å². The highest BCUT2D eigenvalue weighted by Gasteiger charge is 2.15. The largest absolute Gasteiger partial charge is 0.463 e. The molecular formula is C14H14F2O2. The maximum atomic E-state index is 13.4. The van der Waals surface area contributed by atoms with Gasteiger partial charge in [0.05, 0.1) is 0 Å². The fourth-order valence-electron chi connectivity index (χ4n) is 1.77. The summed E-state index contributed by atoms with van der Waals surface area (Å²) in [6.07, 6.45) is -0.261. The summed E-state index contributed by atoms with van der Waals surface area (Å²) in [5, 5.41) is 9.92. The first-order chi connectivity index (χ1) is 8.60. The van der Waals surface area contributed by atoms with Gasteiger partial charge in [0.15, 0.2) is 0 Å². The molecule has 0 spiro atoms. The molecule has 2 nitrogen and oxygen atoms in total. The number of aliphatic hydroxyl groups excluding tert-OH is 1. The van der Waals surface area contributed by atoms with Crippen LogP contribution in [0.5, 0.6) is 0 Å². The monoisotopic (exact) mass is 252 g/mol. The van der Waals surface area contributed by atoms with Crippen molar-refractivity contribution in [2.75, 3.05) is 0 Å². The maximum Gasteiger partial charge on any atom is 0.133 e. The molecule has 0 fully saturated rings. The molecule has 2 rings (SSSR count). The van der Waals surface area contributed by atoms with Crippen molar-refractivity contribution in [2.24, 2.45) is 0 Å². The quantitative estimate of drug-likeness (QED) is 0.904. The average Bonchev–Trinajstić information content (AvgIpc) is 2.82. The van der Waals surface area contributed by atoms with E-state index in [9.17, 15) is 13.9 Å². The predicted molar refractivity (Wildman–Crippen MR) is 63.1 cm³/mol. The minimum atomic E-state index is -0.971. The lowest BCUT2D eigenvalue weighted by Gasteiger charge is -2.09. The van der Waals surface area contributed by atoms with Gasteiger partial charge in [-0.05, 0) is 35.9 Å². The molecule has 0 saturated carbocycles. The van der Waals surface area contributed by atoms with Crippen molar-refractivity contribution < 1.29 is 18.3 Å². The topological polar surface area (TPSA) is 33.4 Å². The average molecular weight is 252 g/mol. The van der Waals surface area contributed by atoms with Crippen LogP contribution in [-0.4, -0.2) is 5.11 Å². The molecule has 4 heteroatoms. The molecule has 18 heavy (non-hydrogen) atoms. The number of furan rings is 1. The van der Waals surface area contributed by atoms with Gasteiger partial charge in [0.2, 0.25) is 0 Å². The van der Waals surface area contributed by atoms with Crippen molar-refractivity contribution in [2.45, 2.75) is 25.9 Å². The Morgan fingerprint density at radius 3 is 2.67 bits per heavy atom. The zero-order valence-electron chi connectivity index (χ0n) is 9.99. The maximum absolute atomic E-state index is 13.4. The number of halogens is 2. The van der Waals surface area contributed by atoms with Gasteiger partial charge in [0.1, 0.15) is 29.3 Å². The Kier molecular flexibility index (Phi) is 3.77. The van der Waals surface area contributed by atoms with E-state index >= 15 is 0 Å². The molecule has 2 aromatic rings. The van der Waals surface area contributed by atoms with Crippen LogP contribution in [-0.2, 0) is 12.8 Å². The van der Waals surface area contributed by atoms with E-state index in [-0.39, 0.29) is 12.0 Å². The lowest BCUT2D eigenvalue weighted by Crippen LogP contribution is -2.03. The summed E-state index contributed by atoms with van der Waals surface area (Å²) in [5.74, 6) is 0.0734. The van der Waals surface area contributed by atoms with Crippen molar-refractivity contribution in [3.63, 3.8) is 0 Å². The van der Waals surface area contributed by atoms with Crippen LogP contribution >= 0.6 is 0 Å². The number of hydrogen-bond donors (Lipinski definition) is 1. The number of rotatable bonds is 4. The third kappa shape index (κ3) is 2.76. The number of benzene rings is 1. The summed E-state index contributed by atoms with van der Waals surface area (Å²) >= 11 is 0. The predicted octanol–water partition coefficient (Wildman–Crippen LogP) is 3.40. The van der Waals surface area contributed by atoms with Crippen LogP contribution in [0.1, 0.15) is 30.1 Å². The molecule has 0 saturated heterocycles.